The summed E-state index contributed by atoms with van der Waals surface area (Å²) in [5.74, 6) is -1.95. The van der Waals surface area contributed by atoms with Crippen molar-refractivity contribution in [3.8, 4) is 17.2 Å². The zero-order valence-electron chi connectivity index (χ0n) is 21.1. The average Bonchev–Trinajstić information content (AvgIpc) is 3.45. The molecule has 0 aliphatic carbocycles. The molecule has 1 saturated heterocycles. The first-order valence-corrected chi connectivity index (χ1v) is 15.0. The maximum absolute atomic E-state index is 12.9. The topological polar surface area (TPSA) is 131 Å². The number of amides is 2. The number of carbonyl (C=O) groups is 4. The van der Waals surface area contributed by atoms with E-state index in [4.69, 9.17) is 49.0 Å². The summed E-state index contributed by atoms with van der Waals surface area (Å²) in [4.78, 5) is 52.0. The van der Waals surface area contributed by atoms with E-state index in [9.17, 15) is 24.3 Å². The van der Waals surface area contributed by atoms with Gasteiger partial charge in [0.1, 0.15) is 23.8 Å². The molecule has 3 atom stereocenters. The number of thioether (sulfide) groups is 1. The predicted molar refractivity (Wildman–Crippen MR) is 158 cm³/mol. The van der Waals surface area contributed by atoms with Crippen molar-refractivity contribution in [2.24, 2.45) is 0 Å². The van der Waals surface area contributed by atoms with Crippen LogP contribution in [0.25, 0.3) is 0 Å². The van der Waals surface area contributed by atoms with E-state index in [1.165, 1.54) is 47.1 Å². The first-order valence-electron chi connectivity index (χ1n) is 12.1. The highest BCUT2D eigenvalue weighted by Gasteiger charge is 2.56. The van der Waals surface area contributed by atoms with Gasteiger partial charge in [0.05, 0.1) is 11.4 Å². The zero-order chi connectivity index (χ0) is 30.0. The Morgan fingerprint density at radius 3 is 2.43 bits per heavy atom. The number of hydrogen-bond donors (Lipinski definition) is 2. The highest BCUT2D eigenvalue weighted by Crippen LogP contribution is 2.41. The molecule has 1 unspecified atom stereocenters. The van der Waals surface area contributed by atoms with Crippen LogP contribution in [0.5, 0.6) is 17.2 Å². The molecule has 1 fully saturated rings. The summed E-state index contributed by atoms with van der Waals surface area (Å²) in [6, 6.07) is 10.2. The number of fused-ring (bicyclic) bond motifs is 1. The van der Waals surface area contributed by atoms with Crippen LogP contribution in [-0.2, 0) is 25.5 Å². The average molecular weight is 670 g/mol. The van der Waals surface area contributed by atoms with Gasteiger partial charge >= 0.3 is 12.1 Å². The number of ether oxygens (including phenoxy) is 3. The number of hydrogen-bond acceptors (Lipinski definition) is 9. The summed E-state index contributed by atoms with van der Waals surface area (Å²) >= 11 is 20.7. The third kappa shape index (κ3) is 6.63. The molecule has 3 heterocycles. The lowest BCUT2D eigenvalue weighted by molar-refractivity contribution is -0.160. The summed E-state index contributed by atoms with van der Waals surface area (Å²) in [7, 11) is 0. The Hall–Kier alpha value is -3.42. The highest BCUT2D eigenvalue weighted by atomic mass is 35.5. The van der Waals surface area contributed by atoms with Crippen molar-refractivity contribution in [1.29, 1.82) is 0 Å². The van der Waals surface area contributed by atoms with Gasteiger partial charge in [-0.05, 0) is 47.2 Å². The van der Waals surface area contributed by atoms with Gasteiger partial charge in [0.2, 0.25) is 11.8 Å². The number of halogens is 3. The van der Waals surface area contributed by atoms with Crippen LogP contribution in [0, 0.1) is 0 Å². The van der Waals surface area contributed by atoms with Crippen molar-refractivity contribution < 1.29 is 38.5 Å². The number of carboxylic acids is 1. The lowest BCUT2D eigenvalue weighted by atomic mass is 9.98. The third-order valence-corrected chi connectivity index (χ3v) is 8.96. The predicted octanol–water partition coefficient (Wildman–Crippen LogP) is 6.00. The zero-order valence-corrected chi connectivity index (χ0v) is 25.0. The summed E-state index contributed by atoms with van der Waals surface area (Å²) in [6.07, 6.45) is -1.06. The van der Waals surface area contributed by atoms with Crippen LogP contribution >= 0.6 is 57.9 Å². The maximum atomic E-state index is 12.9. The van der Waals surface area contributed by atoms with Gasteiger partial charge in [-0.15, -0.1) is 23.1 Å². The second-order valence-corrected chi connectivity index (χ2v) is 12.2. The number of aliphatic carboxylic acids is 1. The Bertz CT molecular complexity index is 1580. The second-order valence-electron chi connectivity index (χ2n) is 8.92. The van der Waals surface area contributed by atoms with Crippen LogP contribution in [0.15, 0.2) is 64.9 Å². The lowest BCUT2D eigenvalue weighted by Gasteiger charge is -2.51. The fourth-order valence-corrected chi connectivity index (χ4v) is 6.73. The molecule has 0 saturated carbocycles. The number of rotatable bonds is 9. The molecule has 42 heavy (non-hydrogen) atoms. The summed E-state index contributed by atoms with van der Waals surface area (Å²) < 4.78 is 16.2. The van der Waals surface area contributed by atoms with Gasteiger partial charge in [-0.1, -0.05) is 40.9 Å². The number of thiophene rings is 1. The van der Waals surface area contributed by atoms with Crippen LogP contribution in [0.1, 0.15) is 4.88 Å². The van der Waals surface area contributed by atoms with Gasteiger partial charge < -0.3 is 29.5 Å². The van der Waals surface area contributed by atoms with Crippen molar-refractivity contribution in [3.63, 3.8) is 0 Å². The van der Waals surface area contributed by atoms with Crippen LogP contribution in [0.4, 0.5) is 4.79 Å². The van der Waals surface area contributed by atoms with Gasteiger partial charge in [0.15, 0.2) is 17.5 Å². The molecule has 0 bridgehead atoms. The largest absolute Gasteiger partial charge is 0.514 e. The molecule has 2 aromatic carbocycles. The maximum Gasteiger partial charge on any atom is 0.514 e. The van der Waals surface area contributed by atoms with Crippen LogP contribution in [-0.4, -0.2) is 58.0 Å². The van der Waals surface area contributed by atoms with Gasteiger partial charge in [-0.3, -0.25) is 9.59 Å². The quantitative estimate of drug-likeness (QED) is 0.160. The van der Waals surface area contributed by atoms with Crippen molar-refractivity contribution in [2.45, 2.75) is 23.9 Å². The molecule has 3 aromatic rings. The molecule has 2 aliphatic rings. The van der Waals surface area contributed by atoms with Gasteiger partial charge in [-0.25, -0.2) is 9.59 Å². The van der Waals surface area contributed by atoms with E-state index in [-0.39, 0.29) is 45.2 Å². The van der Waals surface area contributed by atoms with E-state index in [1.807, 2.05) is 17.5 Å². The first kappa shape index (κ1) is 30.1. The Balaban J connectivity index is 1.22. The Morgan fingerprint density at radius 2 is 1.74 bits per heavy atom. The van der Waals surface area contributed by atoms with E-state index >= 15 is 0 Å². The van der Waals surface area contributed by atoms with Gasteiger partial charge in [0.25, 0.3) is 0 Å². The van der Waals surface area contributed by atoms with E-state index in [2.05, 4.69) is 5.32 Å². The highest BCUT2D eigenvalue weighted by molar-refractivity contribution is 8.03. The monoisotopic (exact) mass is 668 g/mol. The smallest absolute Gasteiger partial charge is 0.479 e. The standard InChI is InChI=1S/C27H19Cl3N2O8S2/c28-14-3-5-18(17(30)8-14)39-19-6-4-15(29)9-20(19)40-27(37)38-11-13-12-42-25-22(24(34)32(25)23(13)26(35)36)31-21(33)10-16-2-1-7-41-16/h1-9,12,22-23,25H,10-11H2,(H,31,33)(H,35,36)/t22-,23?,25-/m1/s1. The van der Waals surface area contributed by atoms with E-state index in [1.54, 1.807) is 6.07 Å². The van der Waals surface area contributed by atoms with Crippen LogP contribution in [0.2, 0.25) is 15.1 Å². The van der Waals surface area contributed by atoms with Crippen molar-refractivity contribution in [1.82, 2.24) is 10.2 Å². The molecule has 218 valence electrons. The number of nitrogens with zero attached hydrogens (tertiary/aromatic N) is 1. The molecule has 10 nitrogen and oxygen atoms in total. The Morgan fingerprint density at radius 1 is 1.00 bits per heavy atom. The molecular formula is C27H19Cl3N2O8S2. The van der Waals surface area contributed by atoms with Gasteiger partial charge in [0, 0.05) is 26.6 Å². The minimum atomic E-state index is -1.39. The van der Waals surface area contributed by atoms with Crippen LogP contribution < -0.4 is 14.8 Å². The number of nitrogens with one attached hydrogen (secondary N) is 1. The fourth-order valence-electron chi connectivity index (χ4n) is 4.21. The van der Waals surface area contributed by atoms with Crippen LogP contribution in [0.3, 0.4) is 0 Å². The van der Waals surface area contributed by atoms with Crippen molar-refractivity contribution >= 4 is 81.8 Å². The summed E-state index contributed by atoms with van der Waals surface area (Å²) in [6.45, 7) is -0.478. The number of carboxylic acid groups (broad SMARTS) is 1. The van der Waals surface area contributed by atoms with Gasteiger partial charge in [-0.2, -0.15) is 0 Å². The molecule has 2 N–H and O–H groups in total. The molecule has 2 amide bonds. The SMILES string of the molecule is O=C(Cc1cccs1)N[C@@H]1C(=O)N2C(C(=O)O)C(COC(=O)Oc3cc(Cl)ccc3Oc3ccc(Cl)cc3Cl)=CS[C@H]12. The summed E-state index contributed by atoms with van der Waals surface area (Å²) in [5, 5.41) is 16.2. The fraction of sp³-hybridized carbons (Fsp3) is 0.185. The second kappa shape index (κ2) is 12.8. The molecular weight excluding hydrogens is 651 g/mol. The number of carbonyl (C=O) groups excluding carboxylic acids is 3. The molecule has 0 radical (unpaired) electrons. The number of benzene rings is 2. The molecule has 2 aliphatic heterocycles. The van der Waals surface area contributed by atoms with E-state index in [0.29, 0.717) is 5.02 Å². The van der Waals surface area contributed by atoms with Crippen molar-refractivity contribution in [3.05, 3.63) is 84.8 Å². The van der Waals surface area contributed by atoms with E-state index in [0.717, 1.165) is 21.5 Å². The molecule has 15 heteroatoms. The Kier molecular flexibility index (Phi) is 9.19. The molecule has 1 aromatic heterocycles. The normalized spacial score (nSPS) is 19.2. The number of β-lactam (4-membered cyclic amide) rings is 1. The Labute approximate surface area is 262 Å². The van der Waals surface area contributed by atoms with Crippen molar-refractivity contribution in [2.75, 3.05) is 6.61 Å². The molecule has 0 spiro atoms. The minimum absolute atomic E-state index is 0.0839. The first-order chi connectivity index (χ1) is 20.1. The summed E-state index contributed by atoms with van der Waals surface area (Å²) in [5.41, 5.74) is 0.146. The molecule has 5 rings (SSSR count). The third-order valence-electron chi connectivity index (χ3n) is 6.10. The van der Waals surface area contributed by atoms with E-state index < -0.39 is 42.1 Å². The lowest BCUT2D eigenvalue weighted by Crippen LogP contribution is -2.74. The minimum Gasteiger partial charge on any atom is -0.479 e.